The van der Waals surface area contributed by atoms with E-state index in [1.807, 2.05) is 0 Å². The molecule has 1 aromatic heterocycles. The molecule has 0 aromatic carbocycles. The van der Waals surface area contributed by atoms with Crippen molar-refractivity contribution in [1.82, 2.24) is 9.97 Å². The van der Waals surface area contributed by atoms with Gasteiger partial charge in [-0.3, -0.25) is 0 Å². The minimum absolute atomic E-state index is 0.399. The van der Waals surface area contributed by atoms with E-state index in [9.17, 15) is 0 Å². The van der Waals surface area contributed by atoms with E-state index in [0.29, 0.717) is 23.4 Å². The van der Waals surface area contributed by atoms with E-state index in [1.54, 1.807) is 7.11 Å². The molecule has 0 aliphatic heterocycles. The van der Waals surface area contributed by atoms with Crippen LogP contribution < -0.4 is 15.8 Å². The summed E-state index contributed by atoms with van der Waals surface area (Å²) in [5, 5.41) is 3.33. The number of nitrogen functional groups attached to an aromatic ring is 1. The summed E-state index contributed by atoms with van der Waals surface area (Å²) in [7, 11) is 1.55. The molecule has 1 unspecified atom stereocenters. The molecule has 1 atom stereocenters. The smallest absolute Gasteiger partial charge is 0.242 e. The molecule has 0 bridgehead atoms. The molecular weight excluding hydrogens is 204 g/mol. The highest BCUT2D eigenvalue weighted by molar-refractivity contribution is 5.66. The van der Waals surface area contributed by atoms with Gasteiger partial charge in [-0.2, -0.15) is 4.98 Å². The minimum atomic E-state index is 0.399. The van der Waals surface area contributed by atoms with Crippen LogP contribution in [0.15, 0.2) is 6.33 Å². The summed E-state index contributed by atoms with van der Waals surface area (Å²) in [5.41, 5.74) is 6.37. The molecule has 0 saturated heterocycles. The van der Waals surface area contributed by atoms with Crippen molar-refractivity contribution < 1.29 is 4.74 Å². The zero-order chi connectivity index (χ0) is 11.5. The topological polar surface area (TPSA) is 73.1 Å². The second-order valence-corrected chi connectivity index (χ2v) is 4.27. The molecule has 0 radical (unpaired) electrons. The van der Waals surface area contributed by atoms with Crippen molar-refractivity contribution in [3.63, 3.8) is 0 Å². The fourth-order valence-electron chi connectivity index (χ4n) is 1.93. The first-order chi connectivity index (χ1) is 7.72. The number of hydrogen-bond donors (Lipinski definition) is 2. The third-order valence-electron chi connectivity index (χ3n) is 3.26. The largest absolute Gasteiger partial charge is 0.479 e. The monoisotopic (exact) mass is 222 g/mol. The number of aromatic nitrogens is 2. The Morgan fingerprint density at radius 2 is 2.25 bits per heavy atom. The summed E-state index contributed by atoms with van der Waals surface area (Å²) < 4.78 is 5.05. The van der Waals surface area contributed by atoms with Gasteiger partial charge < -0.3 is 15.8 Å². The summed E-state index contributed by atoms with van der Waals surface area (Å²) in [6, 6.07) is 0.399. The quantitative estimate of drug-likeness (QED) is 0.810. The van der Waals surface area contributed by atoms with Crippen LogP contribution in [0, 0.1) is 5.92 Å². The van der Waals surface area contributed by atoms with Gasteiger partial charge in [0.05, 0.1) is 7.11 Å². The molecule has 0 amide bonds. The van der Waals surface area contributed by atoms with Crippen molar-refractivity contribution >= 4 is 11.5 Å². The van der Waals surface area contributed by atoms with Gasteiger partial charge in [-0.05, 0) is 25.7 Å². The first kappa shape index (κ1) is 11.0. The van der Waals surface area contributed by atoms with Crippen LogP contribution in [0.4, 0.5) is 11.5 Å². The van der Waals surface area contributed by atoms with E-state index in [-0.39, 0.29) is 0 Å². The molecule has 2 rings (SSSR count). The maximum Gasteiger partial charge on any atom is 0.242 e. The summed E-state index contributed by atoms with van der Waals surface area (Å²) in [6.07, 6.45) is 5.37. The molecule has 1 fully saturated rings. The maximum atomic E-state index is 5.89. The normalized spacial score (nSPS) is 17.6. The van der Waals surface area contributed by atoms with E-state index >= 15 is 0 Å². The predicted molar refractivity (Wildman–Crippen MR) is 63.4 cm³/mol. The molecule has 3 N–H and O–H groups in total. The van der Waals surface area contributed by atoms with Gasteiger partial charge in [0.15, 0.2) is 5.82 Å². The first-order valence-corrected chi connectivity index (χ1v) is 5.63. The molecule has 5 nitrogen and oxygen atoms in total. The van der Waals surface area contributed by atoms with E-state index in [2.05, 4.69) is 22.2 Å². The lowest BCUT2D eigenvalue weighted by Crippen LogP contribution is -2.31. The van der Waals surface area contributed by atoms with Gasteiger partial charge in [0.2, 0.25) is 5.88 Å². The molecule has 1 aliphatic rings. The molecule has 1 saturated carbocycles. The first-order valence-electron chi connectivity index (χ1n) is 5.63. The molecule has 1 aliphatic carbocycles. The number of methoxy groups -OCH3 is 1. The van der Waals surface area contributed by atoms with E-state index < -0.39 is 0 Å². The van der Waals surface area contributed by atoms with Crippen molar-refractivity contribution in [2.45, 2.75) is 32.2 Å². The van der Waals surface area contributed by atoms with Crippen LogP contribution in [0.5, 0.6) is 5.88 Å². The number of ether oxygens (including phenoxy) is 1. The molecule has 0 spiro atoms. The summed E-state index contributed by atoms with van der Waals surface area (Å²) in [5.74, 6) is 1.84. The molecule has 1 heterocycles. The van der Waals surface area contributed by atoms with Gasteiger partial charge >= 0.3 is 0 Å². The summed E-state index contributed by atoms with van der Waals surface area (Å²) in [4.78, 5) is 8.09. The third kappa shape index (κ3) is 2.03. The molecule has 1 aromatic rings. The lowest BCUT2D eigenvalue weighted by molar-refractivity contribution is 0.285. The lowest BCUT2D eigenvalue weighted by Gasteiger charge is -2.32. The highest BCUT2D eigenvalue weighted by atomic mass is 16.5. The second kappa shape index (κ2) is 4.55. The minimum Gasteiger partial charge on any atom is -0.479 e. The van der Waals surface area contributed by atoms with Crippen LogP contribution >= 0.6 is 0 Å². The van der Waals surface area contributed by atoms with Crippen LogP contribution in [0.3, 0.4) is 0 Å². The Kier molecular flexibility index (Phi) is 3.12. The zero-order valence-electron chi connectivity index (χ0n) is 9.73. The van der Waals surface area contributed by atoms with Gasteiger partial charge in [-0.25, -0.2) is 4.98 Å². The average Bonchev–Trinajstić information content (AvgIpc) is 2.18. The number of hydrogen-bond acceptors (Lipinski definition) is 5. The second-order valence-electron chi connectivity index (χ2n) is 4.27. The van der Waals surface area contributed by atoms with Crippen molar-refractivity contribution in [1.29, 1.82) is 0 Å². The van der Waals surface area contributed by atoms with Crippen LogP contribution in [0.1, 0.15) is 26.2 Å². The maximum absolute atomic E-state index is 5.89. The number of nitrogens with one attached hydrogen (secondary N) is 1. The molecule has 5 heteroatoms. The van der Waals surface area contributed by atoms with Crippen LogP contribution in [-0.2, 0) is 0 Å². The fraction of sp³-hybridized carbons (Fsp3) is 0.636. The molecule has 16 heavy (non-hydrogen) atoms. The Morgan fingerprint density at radius 3 is 2.81 bits per heavy atom. The fourth-order valence-corrected chi connectivity index (χ4v) is 1.93. The zero-order valence-corrected chi connectivity index (χ0v) is 9.73. The number of anilines is 2. The standard InChI is InChI=1S/C11H18N4O/c1-7(8-4-3-5-8)15-10-9(12)11(16-2)14-6-13-10/h6-8H,3-5,12H2,1-2H3,(H,13,14,15). The number of rotatable bonds is 4. The van der Waals surface area contributed by atoms with Crippen LogP contribution in [-0.4, -0.2) is 23.1 Å². The summed E-state index contributed by atoms with van der Waals surface area (Å²) >= 11 is 0. The van der Waals surface area contributed by atoms with Gasteiger partial charge in [-0.1, -0.05) is 6.42 Å². The SMILES string of the molecule is COc1ncnc(NC(C)C2CCC2)c1N. The Bertz CT molecular complexity index is 365. The van der Waals surface area contributed by atoms with Gasteiger partial charge in [0, 0.05) is 6.04 Å². The number of nitrogens with zero attached hydrogens (tertiary/aromatic N) is 2. The van der Waals surface area contributed by atoms with Crippen LogP contribution in [0.2, 0.25) is 0 Å². The molecular formula is C11H18N4O. The van der Waals surface area contributed by atoms with E-state index in [0.717, 1.165) is 5.92 Å². The highest BCUT2D eigenvalue weighted by Gasteiger charge is 2.24. The average molecular weight is 222 g/mol. The summed E-state index contributed by atoms with van der Waals surface area (Å²) in [6.45, 7) is 2.16. The van der Waals surface area contributed by atoms with Crippen molar-refractivity contribution in [3.8, 4) is 5.88 Å². The lowest BCUT2D eigenvalue weighted by atomic mass is 9.80. The highest BCUT2D eigenvalue weighted by Crippen LogP contribution is 2.32. The van der Waals surface area contributed by atoms with Crippen LogP contribution in [0.25, 0.3) is 0 Å². The third-order valence-corrected chi connectivity index (χ3v) is 3.26. The van der Waals surface area contributed by atoms with E-state index in [1.165, 1.54) is 25.6 Å². The Labute approximate surface area is 95.4 Å². The van der Waals surface area contributed by atoms with Crippen molar-refractivity contribution in [2.75, 3.05) is 18.2 Å². The van der Waals surface area contributed by atoms with Gasteiger partial charge in [-0.15, -0.1) is 0 Å². The Balaban J connectivity index is 2.08. The Morgan fingerprint density at radius 1 is 1.50 bits per heavy atom. The molecule has 88 valence electrons. The predicted octanol–water partition coefficient (Wildman–Crippen LogP) is 1.67. The van der Waals surface area contributed by atoms with Gasteiger partial charge in [0.25, 0.3) is 0 Å². The van der Waals surface area contributed by atoms with Crippen molar-refractivity contribution in [3.05, 3.63) is 6.33 Å². The van der Waals surface area contributed by atoms with Gasteiger partial charge in [0.1, 0.15) is 12.0 Å². The van der Waals surface area contributed by atoms with E-state index in [4.69, 9.17) is 10.5 Å². The van der Waals surface area contributed by atoms with Crippen molar-refractivity contribution in [2.24, 2.45) is 5.92 Å². The number of nitrogens with two attached hydrogens (primary N) is 1. The Hall–Kier alpha value is -1.52.